The van der Waals surface area contributed by atoms with Crippen molar-refractivity contribution >= 4 is 23.5 Å². The molecule has 2 saturated heterocycles. The number of hydrogen-bond donors (Lipinski definition) is 1. The summed E-state index contributed by atoms with van der Waals surface area (Å²) in [7, 11) is 2.88. The molecular formula is C22H23N2O5+. The van der Waals surface area contributed by atoms with Gasteiger partial charge in [-0.15, -0.1) is 0 Å². The molecule has 2 aromatic rings. The highest BCUT2D eigenvalue weighted by atomic mass is 16.5. The van der Waals surface area contributed by atoms with Crippen molar-refractivity contribution in [1.29, 1.82) is 0 Å². The first kappa shape index (κ1) is 19.1. The summed E-state index contributed by atoms with van der Waals surface area (Å²) < 4.78 is 10.2. The number of imide groups is 1. The van der Waals surface area contributed by atoms with E-state index in [0.717, 1.165) is 5.56 Å². The van der Waals surface area contributed by atoms with Crippen molar-refractivity contribution in [3.05, 3.63) is 60.2 Å². The molecule has 7 nitrogen and oxygen atoms in total. The Morgan fingerprint density at radius 1 is 1.00 bits per heavy atom. The van der Waals surface area contributed by atoms with Crippen LogP contribution < -0.4 is 15.0 Å². The largest absolute Gasteiger partial charge is 0.497 e. The van der Waals surface area contributed by atoms with Crippen molar-refractivity contribution in [2.75, 3.05) is 19.1 Å². The topological polar surface area (TPSA) is 89.5 Å². The number of carbonyl (C=O) groups excluding carboxylic acids is 3. The summed E-state index contributed by atoms with van der Waals surface area (Å²) in [4.78, 5) is 40.7. The van der Waals surface area contributed by atoms with Gasteiger partial charge in [-0.25, -0.2) is 9.69 Å². The molecule has 0 aromatic heterocycles. The first-order chi connectivity index (χ1) is 13.9. The van der Waals surface area contributed by atoms with Crippen molar-refractivity contribution < 1.29 is 29.2 Å². The Morgan fingerprint density at radius 2 is 1.66 bits per heavy atom. The van der Waals surface area contributed by atoms with E-state index in [1.807, 2.05) is 30.3 Å². The number of benzene rings is 2. The van der Waals surface area contributed by atoms with Crippen molar-refractivity contribution in [1.82, 2.24) is 0 Å². The van der Waals surface area contributed by atoms with Crippen LogP contribution in [0, 0.1) is 11.8 Å². The van der Waals surface area contributed by atoms with Gasteiger partial charge in [0, 0.05) is 12.5 Å². The molecule has 0 bridgehead atoms. The highest BCUT2D eigenvalue weighted by Crippen LogP contribution is 2.45. The third-order valence-electron chi connectivity index (χ3n) is 6.05. The number of para-hydroxylation sites is 1. The Bertz CT molecular complexity index is 959. The number of nitrogens with two attached hydrogens (primary N) is 1. The monoisotopic (exact) mass is 395 g/mol. The maximum Gasteiger partial charge on any atom is 0.368 e. The number of esters is 1. The summed E-state index contributed by atoms with van der Waals surface area (Å²) in [6.45, 7) is 1.68. The average molecular weight is 395 g/mol. The van der Waals surface area contributed by atoms with Gasteiger partial charge in [0.05, 0.1) is 19.9 Å². The van der Waals surface area contributed by atoms with Crippen LogP contribution in [0.5, 0.6) is 5.75 Å². The highest BCUT2D eigenvalue weighted by Gasteiger charge is 2.70. The lowest BCUT2D eigenvalue weighted by molar-refractivity contribution is -0.730. The second-order valence-corrected chi connectivity index (χ2v) is 7.59. The smallest absolute Gasteiger partial charge is 0.368 e. The fourth-order valence-electron chi connectivity index (χ4n) is 4.64. The number of rotatable bonds is 4. The van der Waals surface area contributed by atoms with Gasteiger partial charge in [-0.2, -0.15) is 0 Å². The van der Waals surface area contributed by atoms with Crippen molar-refractivity contribution in [2.24, 2.45) is 11.8 Å². The molecule has 2 fully saturated rings. The number of carbonyl (C=O) groups is 3. The van der Waals surface area contributed by atoms with Gasteiger partial charge < -0.3 is 14.8 Å². The van der Waals surface area contributed by atoms with E-state index in [0.29, 0.717) is 11.4 Å². The van der Waals surface area contributed by atoms with Gasteiger partial charge in [-0.1, -0.05) is 18.2 Å². The van der Waals surface area contributed by atoms with Gasteiger partial charge in [0.15, 0.2) is 0 Å². The van der Waals surface area contributed by atoms with E-state index in [9.17, 15) is 14.4 Å². The molecule has 4 atom stereocenters. The summed E-state index contributed by atoms with van der Waals surface area (Å²) in [5, 5.41) is 1.80. The van der Waals surface area contributed by atoms with E-state index in [4.69, 9.17) is 9.47 Å². The SMILES string of the molecule is COC(=O)[C@]1(C)[NH2+][C@@H](c2ccc(OC)cc2)[C@H]2C(=O)N(c3ccccc3)C(=O)[C@@H]21. The van der Waals surface area contributed by atoms with E-state index in [1.165, 1.54) is 12.0 Å². The molecule has 0 aliphatic carbocycles. The van der Waals surface area contributed by atoms with Crippen LogP contribution in [0.25, 0.3) is 0 Å². The summed E-state index contributed by atoms with van der Waals surface area (Å²) in [5.41, 5.74) is 0.169. The minimum Gasteiger partial charge on any atom is -0.497 e. The predicted octanol–water partition coefficient (Wildman–Crippen LogP) is 1.05. The zero-order chi connectivity index (χ0) is 20.8. The van der Waals surface area contributed by atoms with Crippen LogP contribution in [-0.2, 0) is 19.1 Å². The van der Waals surface area contributed by atoms with Crippen LogP contribution >= 0.6 is 0 Å². The molecule has 0 saturated carbocycles. The summed E-state index contributed by atoms with van der Waals surface area (Å²) in [5.74, 6) is -1.96. The Kier molecular flexibility index (Phi) is 4.62. The molecule has 2 N–H and O–H groups in total. The maximum absolute atomic E-state index is 13.4. The van der Waals surface area contributed by atoms with Crippen molar-refractivity contribution in [2.45, 2.75) is 18.5 Å². The maximum atomic E-state index is 13.4. The summed E-state index contributed by atoms with van der Waals surface area (Å²) in [6, 6.07) is 15.8. The van der Waals surface area contributed by atoms with Crippen LogP contribution in [0.2, 0.25) is 0 Å². The lowest BCUT2D eigenvalue weighted by Gasteiger charge is -2.25. The first-order valence-electron chi connectivity index (χ1n) is 9.43. The molecule has 4 rings (SSSR count). The Morgan fingerprint density at radius 3 is 2.24 bits per heavy atom. The minimum atomic E-state index is -1.19. The molecule has 2 amide bonds. The third kappa shape index (κ3) is 2.81. The third-order valence-corrected chi connectivity index (χ3v) is 6.05. The molecule has 2 aliphatic rings. The van der Waals surface area contributed by atoms with E-state index in [1.54, 1.807) is 43.6 Å². The number of fused-ring (bicyclic) bond motifs is 1. The fourth-order valence-corrected chi connectivity index (χ4v) is 4.64. The molecule has 2 aromatic carbocycles. The van der Waals surface area contributed by atoms with Crippen LogP contribution in [0.15, 0.2) is 54.6 Å². The molecule has 2 heterocycles. The lowest BCUT2D eigenvalue weighted by atomic mass is 9.80. The number of ether oxygens (including phenoxy) is 2. The molecule has 0 radical (unpaired) electrons. The fraction of sp³-hybridized carbons (Fsp3) is 0.318. The second-order valence-electron chi connectivity index (χ2n) is 7.59. The number of anilines is 1. The van der Waals surface area contributed by atoms with Gasteiger partial charge in [-0.3, -0.25) is 9.59 Å². The number of hydrogen-bond acceptors (Lipinski definition) is 5. The molecule has 7 heteroatoms. The average Bonchev–Trinajstić information content (AvgIpc) is 3.22. The number of amides is 2. The second kappa shape index (κ2) is 7.00. The van der Waals surface area contributed by atoms with Crippen molar-refractivity contribution in [3.63, 3.8) is 0 Å². The predicted molar refractivity (Wildman–Crippen MR) is 104 cm³/mol. The van der Waals surface area contributed by atoms with E-state index in [-0.39, 0.29) is 17.9 Å². The quantitative estimate of drug-likeness (QED) is 0.618. The zero-order valence-corrected chi connectivity index (χ0v) is 16.5. The molecule has 2 aliphatic heterocycles. The highest BCUT2D eigenvalue weighted by molar-refractivity contribution is 6.23. The van der Waals surface area contributed by atoms with E-state index in [2.05, 4.69) is 0 Å². The van der Waals surface area contributed by atoms with Crippen molar-refractivity contribution in [3.8, 4) is 5.75 Å². The van der Waals surface area contributed by atoms with Crippen LogP contribution in [0.4, 0.5) is 5.69 Å². The van der Waals surface area contributed by atoms with Crippen LogP contribution in [0.3, 0.4) is 0 Å². The van der Waals surface area contributed by atoms with E-state index < -0.39 is 23.3 Å². The van der Waals surface area contributed by atoms with Gasteiger partial charge in [0.1, 0.15) is 23.6 Å². The summed E-state index contributed by atoms with van der Waals surface area (Å²) in [6.07, 6.45) is 0. The Hall–Kier alpha value is -3.19. The number of methoxy groups -OCH3 is 2. The molecule has 0 unspecified atom stereocenters. The Labute approximate surface area is 168 Å². The van der Waals surface area contributed by atoms with Gasteiger partial charge >= 0.3 is 5.97 Å². The van der Waals surface area contributed by atoms with Crippen LogP contribution in [-0.4, -0.2) is 37.5 Å². The van der Waals surface area contributed by atoms with Gasteiger partial charge in [0.25, 0.3) is 0 Å². The summed E-state index contributed by atoms with van der Waals surface area (Å²) >= 11 is 0. The van der Waals surface area contributed by atoms with E-state index >= 15 is 0 Å². The minimum absolute atomic E-state index is 0.295. The number of quaternary nitrogens is 1. The van der Waals surface area contributed by atoms with Gasteiger partial charge in [0.2, 0.25) is 17.4 Å². The zero-order valence-electron chi connectivity index (χ0n) is 16.5. The molecule has 29 heavy (non-hydrogen) atoms. The molecule has 0 spiro atoms. The normalized spacial score (nSPS) is 28.4. The van der Waals surface area contributed by atoms with Crippen LogP contribution in [0.1, 0.15) is 18.5 Å². The lowest BCUT2D eigenvalue weighted by Crippen LogP contribution is -2.97. The molecular weight excluding hydrogens is 372 g/mol. The standard InChI is InChI=1S/C22H22N2O5/c1-22(21(27)29-3)17-16(18(23-22)13-9-11-15(28-2)12-10-13)19(25)24(20(17)26)14-7-5-4-6-8-14/h4-12,16-18,23H,1-3H3/p+1/t16-,17+,18-,22+/m0/s1. The Balaban J connectivity index is 1.80. The molecule has 150 valence electrons. The van der Waals surface area contributed by atoms with Gasteiger partial charge in [-0.05, 0) is 36.4 Å². The number of nitrogens with zero attached hydrogens (tertiary/aromatic N) is 1. The first-order valence-corrected chi connectivity index (χ1v) is 9.43.